The van der Waals surface area contributed by atoms with Crippen LogP contribution in [0.5, 0.6) is 0 Å². The Bertz CT molecular complexity index is 1290. The van der Waals surface area contributed by atoms with Crippen LogP contribution in [0.2, 0.25) is 0 Å². The van der Waals surface area contributed by atoms with Crippen LogP contribution in [0.1, 0.15) is 11.1 Å². The van der Waals surface area contributed by atoms with Crippen LogP contribution in [-0.2, 0) is 19.1 Å². The number of ketones is 1. The fraction of sp³-hybridized carbons (Fsp3) is 0.208. The van der Waals surface area contributed by atoms with Crippen molar-refractivity contribution in [1.29, 1.82) is 0 Å². The van der Waals surface area contributed by atoms with Crippen molar-refractivity contribution in [2.24, 2.45) is 0 Å². The van der Waals surface area contributed by atoms with Crippen LogP contribution in [0.25, 0.3) is 17.1 Å². The number of ether oxygens (including phenoxy) is 2. The van der Waals surface area contributed by atoms with E-state index in [1.54, 1.807) is 31.5 Å². The van der Waals surface area contributed by atoms with Crippen molar-refractivity contribution in [3.8, 4) is 0 Å². The summed E-state index contributed by atoms with van der Waals surface area (Å²) >= 11 is 0. The van der Waals surface area contributed by atoms with Gasteiger partial charge in [0.2, 0.25) is 11.7 Å². The third-order valence-electron chi connectivity index (χ3n) is 5.01. The highest BCUT2D eigenvalue weighted by Crippen LogP contribution is 2.31. The maximum atomic E-state index is 14.4. The molecule has 0 atom stereocenters. The van der Waals surface area contributed by atoms with E-state index in [4.69, 9.17) is 9.47 Å². The van der Waals surface area contributed by atoms with Crippen molar-refractivity contribution in [3.63, 3.8) is 0 Å². The van der Waals surface area contributed by atoms with Crippen molar-refractivity contribution in [2.75, 3.05) is 32.6 Å². The lowest BCUT2D eigenvalue weighted by Crippen LogP contribution is -2.23. The van der Waals surface area contributed by atoms with Gasteiger partial charge in [-0.15, -0.1) is 0 Å². The van der Waals surface area contributed by atoms with E-state index in [0.717, 1.165) is 10.9 Å². The molecular weight excluding hydrogens is 427 g/mol. The Kier molecular flexibility index (Phi) is 6.23. The van der Waals surface area contributed by atoms with Crippen molar-refractivity contribution in [2.45, 2.75) is 6.92 Å². The predicted octanol–water partition coefficient (Wildman–Crippen LogP) is 3.38. The van der Waals surface area contributed by atoms with Gasteiger partial charge in [0.1, 0.15) is 18.1 Å². The molecule has 0 radical (unpaired) electrons. The monoisotopic (exact) mass is 450 g/mol. The average molecular weight is 450 g/mol. The van der Waals surface area contributed by atoms with Gasteiger partial charge < -0.3 is 24.7 Å². The van der Waals surface area contributed by atoms with Gasteiger partial charge >= 0.3 is 5.97 Å². The van der Waals surface area contributed by atoms with Gasteiger partial charge in [0.25, 0.3) is 0 Å². The summed E-state index contributed by atoms with van der Waals surface area (Å²) in [5, 5.41) is 3.51. The summed E-state index contributed by atoms with van der Waals surface area (Å²) in [4.78, 5) is 35.0. The Balaban J connectivity index is 1.67. The van der Waals surface area contributed by atoms with Crippen LogP contribution >= 0.6 is 0 Å². The number of carbonyl (C=O) groups excluding carboxylic acids is 2. The summed E-state index contributed by atoms with van der Waals surface area (Å²) in [6.07, 6.45) is 4.84. The first kappa shape index (κ1) is 22.2. The number of allylic oxidation sites excluding steroid dienone is 1. The van der Waals surface area contributed by atoms with E-state index in [9.17, 15) is 14.0 Å². The normalized spacial score (nSPS) is 14.9. The number of halogens is 1. The first-order chi connectivity index (χ1) is 15.8. The molecule has 0 bridgehead atoms. The van der Waals surface area contributed by atoms with E-state index in [0.29, 0.717) is 17.8 Å². The van der Waals surface area contributed by atoms with Crippen LogP contribution in [0, 0.1) is 12.7 Å². The number of benzene rings is 1. The largest absolute Gasteiger partial charge is 0.460 e. The maximum absolute atomic E-state index is 14.4. The molecule has 0 fully saturated rings. The van der Waals surface area contributed by atoms with Crippen LogP contribution in [0.15, 0.2) is 59.9 Å². The molecule has 33 heavy (non-hydrogen) atoms. The summed E-state index contributed by atoms with van der Waals surface area (Å²) < 4.78 is 25.4. The third-order valence-corrected chi connectivity index (χ3v) is 5.01. The number of anilines is 1. The number of aryl methyl sites for hydroxylation is 1. The maximum Gasteiger partial charge on any atom is 0.347 e. The topological polar surface area (TPSA) is 96.6 Å². The zero-order valence-corrected chi connectivity index (χ0v) is 18.4. The fourth-order valence-corrected chi connectivity index (χ4v) is 3.28. The second kappa shape index (κ2) is 9.25. The van der Waals surface area contributed by atoms with E-state index in [2.05, 4.69) is 15.3 Å². The Hall–Kier alpha value is -3.98. The highest BCUT2D eigenvalue weighted by molar-refractivity contribution is 6.26. The van der Waals surface area contributed by atoms with Gasteiger partial charge in [0, 0.05) is 29.9 Å². The number of H-pyrrole nitrogens is 1. The lowest BCUT2D eigenvalue weighted by Gasteiger charge is -2.11. The summed E-state index contributed by atoms with van der Waals surface area (Å²) in [5.74, 6) is -2.31. The van der Waals surface area contributed by atoms with Gasteiger partial charge in [-0.1, -0.05) is 6.07 Å². The Morgan fingerprint density at radius 3 is 2.91 bits per heavy atom. The molecule has 8 nitrogen and oxygen atoms in total. The first-order valence-electron chi connectivity index (χ1n) is 10.3. The minimum Gasteiger partial charge on any atom is -0.460 e. The number of hydrogen-bond donors (Lipinski definition) is 2. The van der Waals surface area contributed by atoms with Gasteiger partial charge in [-0.2, -0.15) is 0 Å². The Morgan fingerprint density at radius 1 is 1.33 bits per heavy atom. The van der Waals surface area contributed by atoms with Crippen molar-refractivity contribution < 1.29 is 23.5 Å². The molecule has 0 saturated heterocycles. The highest BCUT2D eigenvalue weighted by Gasteiger charge is 2.37. The molecule has 1 aliphatic heterocycles. The molecule has 0 spiro atoms. The molecule has 0 aliphatic carbocycles. The molecule has 0 saturated carbocycles. The van der Waals surface area contributed by atoms with Crippen LogP contribution in [-0.4, -0.2) is 53.9 Å². The van der Waals surface area contributed by atoms with E-state index in [-0.39, 0.29) is 29.5 Å². The Labute approximate surface area is 189 Å². The molecule has 2 aromatic heterocycles. The molecule has 0 unspecified atom stereocenters. The summed E-state index contributed by atoms with van der Waals surface area (Å²) in [6, 6.07) is 8.16. The number of carbonyl (C=O) groups is 2. The molecule has 4 rings (SSSR count). The number of aromatic amines is 1. The highest BCUT2D eigenvalue weighted by atomic mass is 19.1. The van der Waals surface area contributed by atoms with Crippen LogP contribution < -0.4 is 5.32 Å². The molecule has 0 amide bonds. The number of nitrogens with one attached hydrogen (secondary N) is 2. The number of hydrogen-bond acceptors (Lipinski definition) is 7. The van der Waals surface area contributed by atoms with Gasteiger partial charge in [-0.05, 0) is 56.9 Å². The lowest BCUT2D eigenvalue weighted by atomic mass is 10.1. The number of likely N-dealkylation sites (N-methyl/N-ethyl adjacent to an activating group) is 1. The zero-order chi connectivity index (χ0) is 23.5. The molecule has 170 valence electrons. The van der Waals surface area contributed by atoms with E-state index in [1.807, 2.05) is 25.1 Å². The zero-order valence-electron chi connectivity index (χ0n) is 18.4. The molecule has 1 aliphatic rings. The molecule has 3 heterocycles. The number of nitrogens with zero attached hydrogens (tertiary/aromatic N) is 2. The van der Waals surface area contributed by atoms with E-state index in [1.165, 1.54) is 18.2 Å². The minimum absolute atomic E-state index is 0.0690. The Morgan fingerprint density at radius 2 is 2.15 bits per heavy atom. The number of rotatable bonds is 7. The average Bonchev–Trinajstić information content (AvgIpc) is 3.31. The molecule has 2 N–H and O–H groups in total. The summed E-state index contributed by atoms with van der Waals surface area (Å²) in [6.45, 7) is 2.32. The second-order valence-electron chi connectivity index (χ2n) is 7.83. The van der Waals surface area contributed by atoms with Crippen molar-refractivity contribution in [3.05, 3.63) is 76.9 Å². The SMILES string of the molecule is Cc1ccc(NC2=C(C(=O)OCCN(C)C)C(=O)/C(=C/c3c[nH]c4ncccc34)O2)c(F)c1. The lowest BCUT2D eigenvalue weighted by molar-refractivity contribution is -0.140. The fourth-order valence-electron chi connectivity index (χ4n) is 3.28. The second-order valence-corrected chi connectivity index (χ2v) is 7.83. The van der Waals surface area contributed by atoms with Gasteiger partial charge in [0.15, 0.2) is 11.3 Å². The smallest absolute Gasteiger partial charge is 0.347 e. The van der Waals surface area contributed by atoms with Gasteiger partial charge in [0.05, 0.1) is 5.69 Å². The number of esters is 1. The number of pyridine rings is 1. The van der Waals surface area contributed by atoms with E-state index < -0.39 is 17.6 Å². The first-order valence-corrected chi connectivity index (χ1v) is 10.3. The van der Waals surface area contributed by atoms with Gasteiger partial charge in [-0.3, -0.25) is 4.79 Å². The van der Waals surface area contributed by atoms with Crippen molar-refractivity contribution in [1.82, 2.24) is 14.9 Å². The molecule has 1 aromatic carbocycles. The quantitative estimate of drug-likeness (QED) is 0.324. The number of aromatic nitrogens is 2. The van der Waals surface area contributed by atoms with E-state index >= 15 is 0 Å². The molecule has 3 aromatic rings. The minimum atomic E-state index is -0.846. The van der Waals surface area contributed by atoms with Crippen molar-refractivity contribution >= 4 is 34.5 Å². The van der Waals surface area contributed by atoms with Gasteiger partial charge in [-0.25, -0.2) is 14.2 Å². The summed E-state index contributed by atoms with van der Waals surface area (Å²) in [5.41, 5.74) is 1.78. The summed E-state index contributed by atoms with van der Waals surface area (Å²) in [7, 11) is 3.67. The van der Waals surface area contributed by atoms with Crippen LogP contribution in [0.4, 0.5) is 10.1 Å². The molecule has 9 heteroatoms. The van der Waals surface area contributed by atoms with Crippen LogP contribution in [0.3, 0.4) is 0 Å². The number of fused-ring (bicyclic) bond motifs is 1. The number of Topliss-reactive ketones (excluding diaryl/α,β-unsaturated/α-hetero) is 1. The molecular formula is C24H23FN4O4. The predicted molar refractivity (Wildman–Crippen MR) is 121 cm³/mol. The third kappa shape index (κ3) is 4.78. The standard InChI is InChI=1S/C24H23FN4O4/c1-14-6-7-18(17(25)11-14)28-23-20(24(31)32-10-9-29(2)3)21(30)19(33-23)12-15-13-27-22-16(15)5-4-8-26-22/h4-8,11-13,28H,9-10H2,1-3H3,(H,26,27)/b19-12-.